The molecule has 0 unspecified atom stereocenters. The van der Waals surface area contributed by atoms with Gasteiger partial charge in [0.05, 0.1) is 33.2 Å². The van der Waals surface area contributed by atoms with Gasteiger partial charge in [-0.25, -0.2) is 0 Å². The van der Waals surface area contributed by atoms with E-state index in [0.717, 1.165) is 11.3 Å². The van der Waals surface area contributed by atoms with Crippen LogP contribution < -0.4 is 24.8 Å². The molecule has 2 aromatic rings. The molecule has 1 heterocycles. The molecule has 0 bridgehead atoms. The van der Waals surface area contributed by atoms with Crippen molar-refractivity contribution in [3.63, 3.8) is 0 Å². The maximum absolute atomic E-state index is 5.33. The van der Waals surface area contributed by atoms with E-state index in [0.29, 0.717) is 28.9 Å². The maximum Gasteiger partial charge on any atom is 0.203 e. The Morgan fingerprint density at radius 2 is 1.83 bits per heavy atom. The minimum Gasteiger partial charge on any atom is -0.493 e. The number of nitrogens with one attached hydrogen (secondary N) is 2. The Hall–Kier alpha value is -2.54. The first-order valence-electron chi connectivity index (χ1n) is 6.91. The molecule has 0 saturated carbocycles. The second-order valence-corrected chi connectivity index (χ2v) is 4.99. The number of thiocarbonyl (C=S) groups is 1. The molecular weight excluding hydrogens is 314 g/mol. The lowest BCUT2D eigenvalue weighted by Gasteiger charge is -2.15. The van der Waals surface area contributed by atoms with Gasteiger partial charge in [0, 0.05) is 12.7 Å². The number of ether oxygens (including phenoxy) is 3. The summed E-state index contributed by atoms with van der Waals surface area (Å²) in [6.45, 7) is 0.517. The number of hydrogen-bond donors (Lipinski definition) is 2. The molecule has 1 aromatic carbocycles. The van der Waals surface area contributed by atoms with Crippen LogP contribution in [0.5, 0.6) is 17.2 Å². The number of aromatic nitrogens is 1. The van der Waals surface area contributed by atoms with E-state index in [1.807, 2.05) is 24.3 Å². The summed E-state index contributed by atoms with van der Waals surface area (Å²) in [5, 5.41) is 6.70. The van der Waals surface area contributed by atoms with Crippen molar-refractivity contribution in [3.8, 4) is 17.2 Å². The number of nitrogens with zero attached hydrogens (tertiary/aromatic N) is 1. The van der Waals surface area contributed by atoms with Gasteiger partial charge in [-0.15, -0.1) is 0 Å². The fourth-order valence-corrected chi connectivity index (χ4v) is 2.22. The first-order chi connectivity index (χ1) is 11.2. The molecule has 23 heavy (non-hydrogen) atoms. The van der Waals surface area contributed by atoms with Gasteiger partial charge in [0.15, 0.2) is 16.6 Å². The van der Waals surface area contributed by atoms with Crippen molar-refractivity contribution in [2.45, 2.75) is 6.54 Å². The number of benzene rings is 1. The van der Waals surface area contributed by atoms with E-state index in [4.69, 9.17) is 26.4 Å². The Morgan fingerprint density at radius 1 is 1.13 bits per heavy atom. The number of hydrogen-bond acceptors (Lipinski definition) is 5. The maximum atomic E-state index is 5.33. The quantitative estimate of drug-likeness (QED) is 0.788. The average molecular weight is 333 g/mol. The fraction of sp³-hybridized carbons (Fsp3) is 0.250. The van der Waals surface area contributed by atoms with Crippen molar-refractivity contribution in [3.05, 3.63) is 42.2 Å². The predicted molar refractivity (Wildman–Crippen MR) is 93.4 cm³/mol. The number of rotatable bonds is 6. The van der Waals surface area contributed by atoms with Crippen molar-refractivity contribution in [1.82, 2.24) is 10.3 Å². The van der Waals surface area contributed by atoms with Gasteiger partial charge in [-0.05, 0) is 42.0 Å². The summed E-state index contributed by atoms with van der Waals surface area (Å²) in [6.07, 6.45) is 3.41. The minimum absolute atomic E-state index is 0.506. The topological polar surface area (TPSA) is 64.6 Å². The van der Waals surface area contributed by atoms with Gasteiger partial charge in [0.1, 0.15) is 0 Å². The molecule has 2 N–H and O–H groups in total. The Morgan fingerprint density at radius 3 is 2.35 bits per heavy atom. The van der Waals surface area contributed by atoms with E-state index in [-0.39, 0.29) is 0 Å². The molecular formula is C16H19N3O3S. The number of pyridine rings is 1. The minimum atomic E-state index is 0.506. The first-order valence-corrected chi connectivity index (χ1v) is 7.32. The van der Waals surface area contributed by atoms with E-state index >= 15 is 0 Å². The van der Waals surface area contributed by atoms with Gasteiger partial charge >= 0.3 is 0 Å². The van der Waals surface area contributed by atoms with Crippen molar-refractivity contribution in [2.24, 2.45) is 0 Å². The zero-order valence-corrected chi connectivity index (χ0v) is 14.1. The van der Waals surface area contributed by atoms with Crippen LogP contribution in [-0.2, 0) is 6.54 Å². The fourth-order valence-electron chi connectivity index (χ4n) is 2.03. The van der Waals surface area contributed by atoms with E-state index in [2.05, 4.69) is 15.6 Å². The molecule has 7 heteroatoms. The molecule has 0 aliphatic heterocycles. The van der Waals surface area contributed by atoms with Gasteiger partial charge in [-0.3, -0.25) is 4.98 Å². The Balaban J connectivity index is 2.04. The summed E-state index contributed by atoms with van der Waals surface area (Å²) < 4.78 is 16.0. The Kier molecular flexibility index (Phi) is 5.99. The van der Waals surface area contributed by atoms with Crippen molar-refractivity contribution in [2.75, 3.05) is 26.6 Å². The highest BCUT2D eigenvalue weighted by atomic mass is 32.1. The molecule has 1 aromatic heterocycles. The van der Waals surface area contributed by atoms with Crippen LogP contribution in [0.2, 0.25) is 0 Å². The van der Waals surface area contributed by atoms with E-state index < -0.39 is 0 Å². The van der Waals surface area contributed by atoms with Crippen LogP contribution in [-0.4, -0.2) is 31.4 Å². The monoisotopic (exact) mass is 333 g/mol. The van der Waals surface area contributed by atoms with E-state index in [9.17, 15) is 0 Å². The zero-order chi connectivity index (χ0) is 16.7. The zero-order valence-electron chi connectivity index (χ0n) is 13.3. The van der Waals surface area contributed by atoms with Gasteiger partial charge in [0.25, 0.3) is 0 Å². The lowest BCUT2D eigenvalue weighted by Crippen LogP contribution is -2.27. The summed E-state index contributed by atoms with van der Waals surface area (Å²) in [7, 11) is 4.75. The van der Waals surface area contributed by atoms with Crippen molar-refractivity contribution < 1.29 is 14.2 Å². The second kappa shape index (κ2) is 8.19. The van der Waals surface area contributed by atoms with Gasteiger partial charge in [-0.1, -0.05) is 0 Å². The lowest BCUT2D eigenvalue weighted by molar-refractivity contribution is 0.323. The molecule has 0 aliphatic rings. The lowest BCUT2D eigenvalue weighted by atomic mass is 10.2. The highest BCUT2D eigenvalue weighted by molar-refractivity contribution is 7.80. The molecule has 0 amide bonds. The summed E-state index contributed by atoms with van der Waals surface area (Å²) in [4.78, 5) is 4.02. The largest absolute Gasteiger partial charge is 0.493 e. The Labute approximate surface area is 140 Å². The SMILES string of the molecule is COc1cc(CNC(=S)Nc2cccnc2)cc(OC)c1OC. The molecule has 6 nitrogen and oxygen atoms in total. The number of anilines is 1. The highest BCUT2D eigenvalue weighted by Crippen LogP contribution is 2.38. The molecule has 0 radical (unpaired) electrons. The number of methoxy groups -OCH3 is 3. The molecule has 122 valence electrons. The third-order valence-corrected chi connectivity index (χ3v) is 3.34. The van der Waals surface area contributed by atoms with Crippen molar-refractivity contribution >= 4 is 23.0 Å². The molecule has 0 spiro atoms. The molecule has 2 rings (SSSR count). The first kappa shape index (κ1) is 16.8. The average Bonchev–Trinajstić information content (AvgIpc) is 2.59. The van der Waals surface area contributed by atoms with E-state index in [1.54, 1.807) is 33.7 Å². The second-order valence-electron chi connectivity index (χ2n) is 4.58. The molecule has 0 fully saturated rings. The summed E-state index contributed by atoms with van der Waals surface area (Å²) in [5.74, 6) is 1.78. The van der Waals surface area contributed by atoms with Crippen LogP contribution in [0, 0.1) is 0 Å². The van der Waals surface area contributed by atoms with Crippen LogP contribution in [0.25, 0.3) is 0 Å². The van der Waals surface area contributed by atoms with Crippen LogP contribution in [0.3, 0.4) is 0 Å². The molecule has 0 saturated heterocycles. The van der Waals surface area contributed by atoms with Crippen LogP contribution >= 0.6 is 12.2 Å². The summed E-state index contributed by atoms with van der Waals surface area (Å²) in [6, 6.07) is 7.48. The molecule has 0 atom stereocenters. The Bertz CT molecular complexity index is 640. The van der Waals surface area contributed by atoms with E-state index in [1.165, 1.54) is 0 Å². The summed E-state index contributed by atoms with van der Waals surface area (Å²) in [5.41, 5.74) is 1.78. The van der Waals surface area contributed by atoms with Gasteiger partial charge < -0.3 is 24.8 Å². The van der Waals surface area contributed by atoms with Crippen LogP contribution in [0.15, 0.2) is 36.7 Å². The van der Waals surface area contributed by atoms with Crippen LogP contribution in [0.1, 0.15) is 5.56 Å². The van der Waals surface area contributed by atoms with Crippen LogP contribution in [0.4, 0.5) is 5.69 Å². The third kappa shape index (κ3) is 4.46. The predicted octanol–water partition coefficient (Wildman–Crippen LogP) is 2.59. The summed E-state index contributed by atoms with van der Waals surface area (Å²) >= 11 is 5.27. The highest BCUT2D eigenvalue weighted by Gasteiger charge is 2.13. The van der Waals surface area contributed by atoms with Gasteiger partial charge in [0.2, 0.25) is 5.75 Å². The smallest absolute Gasteiger partial charge is 0.203 e. The molecule has 0 aliphatic carbocycles. The third-order valence-electron chi connectivity index (χ3n) is 3.10. The standard InChI is InChI=1S/C16H19N3O3S/c1-20-13-7-11(8-14(21-2)15(13)22-3)9-18-16(23)19-12-5-4-6-17-10-12/h4-8,10H,9H2,1-3H3,(H2,18,19,23). The normalized spacial score (nSPS) is 9.87. The van der Waals surface area contributed by atoms with Gasteiger partial charge in [-0.2, -0.15) is 0 Å². The van der Waals surface area contributed by atoms with Crippen molar-refractivity contribution in [1.29, 1.82) is 0 Å².